The summed E-state index contributed by atoms with van der Waals surface area (Å²) in [5.41, 5.74) is 0. The van der Waals surface area contributed by atoms with Crippen LogP contribution in [0.15, 0.2) is 109 Å². The van der Waals surface area contributed by atoms with E-state index in [9.17, 15) is 14.4 Å². The van der Waals surface area contributed by atoms with Crippen molar-refractivity contribution in [3.8, 4) is 0 Å². The Bertz CT molecular complexity index is 1370. The van der Waals surface area contributed by atoms with Gasteiger partial charge in [-0.15, -0.1) is 0 Å². The van der Waals surface area contributed by atoms with E-state index in [1.807, 2.05) is 0 Å². The Morgan fingerprint density at radius 1 is 0.318 bits per heavy atom. The highest BCUT2D eigenvalue weighted by Gasteiger charge is 2.19. The van der Waals surface area contributed by atoms with Gasteiger partial charge in [-0.25, -0.2) is 0 Å². The number of hydrogen-bond acceptors (Lipinski definition) is 6. The van der Waals surface area contributed by atoms with Gasteiger partial charge in [0.25, 0.3) is 0 Å². The molecule has 0 aliphatic heterocycles. The summed E-state index contributed by atoms with van der Waals surface area (Å²) in [5, 5.41) is 0. The van der Waals surface area contributed by atoms with Crippen molar-refractivity contribution in [1.29, 1.82) is 0 Å². The van der Waals surface area contributed by atoms with Gasteiger partial charge in [-0.3, -0.25) is 14.4 Å². The molecule has 66 heavy (non-hydrogen) atoms. The fourth-order valence-corrected chi connectivity index (χ4v) is 7.06. The van der Waals surface area contributed by atoms with Crippen LogP contribution in [0.2, 0.25) is 0 Å². The van der Waals surface area contributed by atoms with E-state index in [4.69, 9.17) is 14.2 Å². The zero-order chi connectivity index (χ0) is 47.9. The van der Waals surface area contributed by atoms with Crippen molar-refractivity contribution >= 4 is 17.9 Å². The van der Waals surface area contributed by atoms with Crippen LogP contribution < -0.4 is 0 Å². The quantitative estimate of drug-likeness (QED) is 0.0262. The van der Waals surface area contributed by atoms with E-state index in [0.717, 1.165) is 116 Å². The molecule has 0 saturated carbocycles. The Morgan fingerprint density at radius 2 is 0.606 bits per heavy atom. The summed E-state index contributed by atoms with van der Waals surface area (Å²) in [6.45, 7) is 6.34. The predicted octanol–water partition coefficient (Wildman–Crippen LogP) is 17.9. The van der Waals surface area contributed by atoms with Gasteiger partial charge in [0, 0.05) is 19.3 Å². The van der Waals surface area contributed by atoms with E-state index in [-0.39, 0.29) is 44.0 Å². The van der Waals surface area contributed by atoms with Crippen LogP contribution in [0.4, 0.5) is 0 Å². The summed E-state index contributed by atoms with van der Waals surface area (Å²) >= 11 is 0. The van der Waals surface area contributed by atoms with E-state index >= 15 is 0 Å². The number of esters is 3. The molecule has 374 valence electrons. The Hall–Kier alpha value is -3.93. The Kier molecular flexibility index (Phi) is 50.5. The maximum atomic E-state index is 12.8. The Balaban J connectivity index is 4.53. The molecule has 0 radical (unpaired) electrons. The third-order valence-electron chi connectivity index (χ3n) is 11.0. The molecule has 0 aromatic rings. The first-order valence-corrected chi connectivity index (χ1v) is 26.9. The van der Waals surface area contributed by atoms with Gasteiger partial charge < -0.3 is 14.2 Å². The second-order valence-corrected chi connectivity index (χ2v) is 17.4. The van der Waals surface area contributed by atoms with Crippen molar-refractivity contribution in [2.75, 3.05) is 13.2 Å². The molecule has 6 heteroatoms. The molecule has 0 amide bonds. The van der Waals surface area contributed by atoms with Crippen LogP contribution in [0.3, 0.4) is 0 Å². The van der Waals surface area contributed by atoms with E-state index in [0.29, 0.717) is 12.8 Å². The SMILES string of the molecule is CC/C=C\C/C=C\C/C=C\C/C=C\C/C=C\CCCC(=O)OCC(COC(=O)CCCCCCCCCCCCCCCC)OC(=O)CCCCCC/C=C\C/C=C\C/C=C\C/C=C\CC. The molecule has 0 spiro atoms. The highest BCUT2D eigenvalue weighted by atomic mass is 16.6. The van der Waals surface area contributed by atoms with Gasteiger partial charge >= 0.3 is 17.9 Å². The Labute approximate surface area is 406 Å². The van der Waals surface area contributed by atoms with E-state index in [1.165, 1.54) is 70.6 Å². The van der Waals surface area contributed by atoms with E-state index < -0.39 is 6.10 Å². The zero-order valence-corrected chi connectivity index (χ0v) is 42.7. The van der Waals surface area contributed by atoms with Crippen LogP contribution in [-0.2, 0) is 28.6 Å². The molecule has 0 aromatic carbocycles. The van der Waals surface area contributed by atoms with Gasteiger partial charge in [0.05, 0.1) is 0 Å². The van der Waals surface area contributed by atoms with Crippen LogP contribution in [0.5, 0.6) is 0 Å². The molecule has 0 heterocycles. The fraction of sp³-hybridized carbons (Fsp3) is 0.650. The number of allylic oxidation sites excluding steroid dienone is 18. The normalized spacial score (nSPS) is 13.0. The van der Waals surface area contributed by atoms with Crippen molar-refractivity contribution in [3.05, 3.63) is 109 Å². The monoisotopic (exact) mass is 915 g/mol. The van der Waals surface area contributed by atoms with Gasteiger partial charge in [0.2, 0.25) is 0 Å². The summed E-state index contributed by atoms with van der Waals surface area (Å²) in [5.74, 6) is -0.992. The van der Waals surface area contributed by atoms with Crippen molar-refractivity contribution in [2.45, 2.75) is 239 Å². The minimum Gasteiger partial charge on any atom is -0.462 e. The molecule has 0 aromatic heterocycles. The van der Waals surface area contributed by atoms with Crippen LogP contribution in [-0.4, -0.2) is 37.2 Å². The lowest BCUT2D eigenvalue weighted by Gasteiger charge is -2.18. The smallest absolute Gasteiger partial charge is 0.306 e. The van der Waals surface area contributed by atoms with Gasteiger partial charge in [-0.05, 0) is 96.3 Å². The Morgan fingerprint density at radius 3 is 0.985 bits per heavy atom. The molecular weight excluding hydrogens is 817 g/mol. The number of unbranched alkanes of at least 4 members (excludes halogenated alkanes) is 18. The third kappa shape index (κ3) is 51.1. The average Bonchev–Trinajstić information content (AvgIpc) is 3.31. The van der Waals surface area contributed by atoms with Crippen LogP contribution in [0.25, 0.3) is 0 Å². The minimum absolute atomic E-state index is 0.106. The van der Waals surface area contributed by atoms with Crippen LogP contribution in [0, 0.1) is 0 Å². The molecule has 1 unspecified atom stereocenters. The van der Waals surface area contributed by atoms with E-state index in [1.54, 1.807) is 0 Å². The van der Waals surface area contributed by atoms with Crippen molar-refractivity contribution in [1.82, 2.24) is 0 Å². The first-order valence-electron chi connectivity index (χ1n) is 26.9. The highest BCUT2D eigenvalue weighted by molar-refractivity contribution is 5.71. The van der Waals surface area contributed by atoms with Crippen LogP contribution in [0.1, 0.15) is 233 Å². The topological polar surface area (TPSA) is 78.9 Å². The fourth-order valence-electron chi connectivity index (χ4n) is 7.06. The average molecular weight is 915 g/mol. The maximum absolute atomic E-state index is 12.8. The summed E-state index contributed by atoms with van der Waals surface area (Å²) in [7, 11) is 0. The second-order valence-electron chi connectivity index (χ2n) is 17.4. The number of ether oxygens (including phenoxy) is 3. The lowest BCUT2D eigenvalue weighted by molar-refractivity contribution is -0.167. The highest BCUT2D eigenvalue weighted by Crippen LogP contribution is 2.14. The van der Waals surface area contributed by atoms with Gasteiger partial charge in [-0.1, -0.05) is 226 Å². The summed E-state index contributed by atoms with van der Waals surface area (Å²) in [6.07, 6.45) is 72.2. The molecule has 0 saturated heterocycles. The molecular formula is C60H98O6. The number of carbonyl (C=O) groups excluding carboxylic acids is 3. The molecule has 0 fully saturated rings. The lowest BCUT2D eigenvalue weighted by Crippen LogP contribution is -2.30. The van der Waals surface area contributed by atoms with Crippen LogP contribution >= 0.6 is 0 Å². The van der Waals surface area contributed by atoms with Gasteiger partial charge in [-0.2, -0.15) is 0 Å². The minimum atomic E-state index is -0.814. The molecule has 0 bridgehead atoms. The number of hydrogen-bond donors (Lipinski definition) is 0. The van der Waals surface area contributed by atoms with Crippen molar-refractivity contribution in [3.63, 3.8) is 0 Å². The summed E-state index contributed by atoms with van der Waals surface area (Å²) in [6, 6.07) is 0. The van der Waals surface area contributed by atoms with E-state index in [2.05, 4.69) is 130 Å². The largest absolute Gasteiger partial charge is 0.462 e. The number of rotatable bonds is 47. The number of carbonyl (C=O) groups is 3. The predicted molar refractivity (Wildman–Crippen MR) is 283 cm³/mol. The summed E-state index contributed by atoms with van der Waals surface area (Å²) in [4.78, 5) is 38.0. The van der Waals surface area contributed by atoms with Gasteiger partial charge in [0.1, 0.15) is 13.2 Å². The molecule has 0 aliphatic carbocycles. The van der Waals surface area contributed by atoms with Crippen molar-refractivity contribution < 1.29 is 28.6 Å². The maximum Gasteiger partial charge on any atom is 0.306 e. The summed E-state index contributed by atoms with van der Waals surface area (Å²) < 4.78 is 16.8. The zero-order valence-electron chi connectivity index (χ0n) is 42.7. The van der Waals surface area contributed by atoms with Gasteiger partial charge in [0.15, 0.2) is 6.10 Å². The van der Waals surface area contributed by atoms with Crippen molar-refractivity contribution in [2.24, 2.45) is 0 Å². The third-order valence-corrected chi connectivity index (χ3v) is 11.0. The molecule has 0 N–H and O–H groups in total. The molecule has 1 atom stereocenters. The molecule has 0 rings (SSSR count). The lowest BCUT2D eigenvalue weighted by atomic mass is 10.0. The second kappa shape index (κ2) is 53.7. The molecule has 0 aliphatic rings. The first kappa shape index (κ1) is 62.1. The first-order chi connectivity index (χ1) is 32.5. The molecule has 6 nitrogen and oxygen atoms in total. The standard InChI is InChI=1S/C60H98O6/c1-4-7-10-13-16-19-22-25-28-30-32-35-38-41-44-47-50-53-59(62)65-56-57(55-64-58(61)52-49-46-43-40-37-34-27-24-21-18-15-12-9-6-3)66-60(63)54-51-48-45-42-39-36-33-31-29-26-23-20-17-14-11-8-5-2/h7-8,10-11,16-17,19-20,25-26,28-29,32-33,35-36,41,44,57H,4-6,9,12-15,18,21-24,27,30-31,34,37-40,42-43,45-56H2,1-3H3/b10-7-,11-8-,19-16-,20-17-,28-25-,29-26-,35-32-,36-33-,44-41-.